The molecule has 0 aromatic heterocycles. The second-order valence-electron chi connectivity index (χ2n) is 6.54. The highest BCUT2D eigenvalue weighted by Crippen LogP contribution is 2.30. The summed E-state index contributed by atoms with van der Waals surface area (Å²) < 4.78 is 28.8. The molecule has 0 radical (unpaired) electrons. The van der Waals surface area contributed by atoms with E-state index in [1.807, 2.05) is 12.1 Å². The third-order valence-electron chi connectivity index (χ3n) is 4.62. The number of amides is 1. The van der Waals surface area contributed by atoms with Crippen LogP contribution in [0.1, 0.15) is 20.3 Å². The van der Waals surface area contributed by atoms with Gasteiger partial charge < -0.3 is 10.6 Å². The molecule has 2 unspecified atom stereocenters. The Kier molecular flexibility index (Phi) is 6.63. The van der Waals surface area contributed by atoms with E-state index in [2.05, 4.69) is 22.3 Å². The monoisotopic (exact) mass is 397 g/mol. The van der Waals surface area contributed by atoms with Crippen molar-refractivity contribution in [3.8, 4) is 0 Å². The van der Waals surface area contributed by atoms with E-state index in [9.17, 15) is 13.2 Å². The van der Waals surface area contributed by atoms with Crippen molar-refractivity contribution in [1.82, 2.24) is 10.0 Å². The fraction of sp³-hybridized carbons (Fsp3) is 0.389. The quantitative estimate of drug-likeness (QED) is 0.739. The lowest BCUT2D eigenvalue weighted by atomic mass is 9.96. The van der Waals surface area contributed by atoms with E-state index in [1.54, 1.807) is 24.3 Å². The molecule has 3 N–H and O–H groups in total. The Morgan fingerprint density at radius 2 is 1.85 bits per heavy atom. The minimum atomic E-state index is -3.67. The van der Waals surface area contributed by atoms with Gasteiger partial charge in [-0.1, -0.05) is 31.2 Å². The molecule has 0 spiro atoms. The number of nitrogens with one attached hydrogen (secondary N) is 3. The van der Waals surface area contributed by atoms with Crippen LogP contribution in [0.4, 0.5) is 5.69 Å². The SMILES string of the molecule is CC(=O)Nc1ccc(S(=O)(=O)NC2CNCCC2C)c2ccccc12.Cl. The predicted octanol–water partition coefficient (Wildman–Crippen LogP) is 2.50. The number of halogens is 1. The van der Waals surface area contributed by atoms with E-state index >= 15 is 0 Å². The van der Waals surface area contributed by atoms with Crippen LogP contribution in [0, 0.1) is 5.92 Å². The van der Waals surface area contributed by atoms with Gasteiger partial charge in [-0.2, -0.15) is 0 Å². The van der Waals surface area contributed by atoms with Crippen LogP contribution in [0.25, 0.3) is 10.8 Å². The van der Waals surface area contributed by atoms with E-state index < -0.39 is 10.0 Å². The zero-order chi connectivity index (χ0) is 18.0. The Morgan fingerprint density at radius 1 is 1.15 bits per heavy atom. The van der Waals surface area contributed by atoms with Crippen molar-refractivity contribution < 1.29 is 13.2 Å². The molecule has 1 fully saturated rings. The molecule has 0 bridgehead atoms. The number of sulfonamides is 1. The van der Waals surface area contributed by atoms with Gasteiger partial charge in [0, 0.05) is 36.0 Å². The molecule has 6 nitrogen and oxygen atoms in total. The minimum Gasteiger partial charge on any atom is -0.326 e. The maximum atomic E-state index is 13.0. The van der Waals surface area contributed by atoms with Gasteiger partial charge in [0.1, 0.15) is 0 Å². The molecule has 2 aromatic carbocycles. The van der Waals surface area contributed by atoms with E-state index in [4.69, 9.17) is 0 Å². The summed E-state index contributed by atoms with van der Waals surface area (Å²) in [7, 11) is -3.67. The fourth-order valence-corrected chi connectivity index (χ4v) is 4.77. The van der Waals surface area contributed by atoms with Crippen LogP contribution < -0.4 is 15.4 Å². The molecule has 1 amide bonds. The summed E-state index contributed by atoms with van der Waals surface area (Å²) in [5.74, 6) is 0.0851. The number of hydrogen-bond acceptors (Lipinski definition) is 4. The molecular weight excluding hydrogens is 374 g/mol. The predicted molar refractivity (Wildman–Crippen MR) is 106 cm³/mol. The average Bonchev–Trinajstić information content (AvgIpc) is 2.56. The topological polar surface area (TPSA) is 87.3 Å². The molecule has 26 heavy (non-hydrogen) atoms. The first-order chi connectivity index (χ1) is 11.9. The molecular formula is C18H24ClN3O3S. The largest absolute Gasteiger partial charge is 0.326 e. The van der Waals surface area contributed by atoms with Gasteiger partial charge in [-0.05, 0) is 31.0 Å². The van der Waals surface area contributed by atoms with Crippen LogP contribution in [0.5, 0.6) is 0 Å². The third-order valence-corrected chi connectivity index (χ3v) is 6.17. The van der Waals surface area contributed by atoms with Gasteiger partial charge in [0.2, 0.25) is 15.9 Å². The van der Waals surface area contributed by atoms with Crippen LogP contribution in [0.3, 0.4) is 0 Å². The summed E-state index contributed by atoms with van der Waals surface area (Å²) in [6.45, 7) is 5.03. The smallest absolute Gasteiger partial charge is 0.241 e. The summed E-state index contributed by atoms with van der Waals surface area (Å²) in [6, 6.07) is 10.3. The molecule has 1 saturated heterocycles. The van der Waals surface area contributed by atoms with Gasteiger partial charge >= 0.3 is 0 Å². The molecule has 0 aliphatic carbocycles. The van der Waals surface area contributed by atoms with Gasteiger partial charge in [0.05, 0.1) is 4.90 Å². The maximum Gasteiger partial charge on any atom is 0.241 e. The molecule has 2 atom stereocenters. The minimum absolute atomic E-state index is 0. The Balaban J connectivity index is 0.00000243. The van der Waals surface area contributed by atoms with Crippen molar-refractivity contribution in [2.75, 3.05) is 18.4 Å². The summed E-state index contributed by atoms with van der Waals surface area (Å²) in [4.78, 5) is 11.6. The fourth-order valence-electron chi connectivity index (χ4n) is 3.21. The first-order valence-electron chi connectivity index (χ1n) is 8.41. The molecule has 1 heterocycles. The van der Waals surface area contributed by atoms with Gasteiger partial charge in [0.25, 0.3) is 0 Å². The molecule has 2 aromatic rings. The lowest BCUT2D eigenvalue weighted by molar-refractivity contribution is -0.114. The normalized spacial score (nSPS) is 20.4. The highest BCUT2D eigenvalue weighted by atomic mass is 35.5. The highest BCUT2D eigenvalue weighted by Gasteiger charge is 2.28. The van der Waals surface area contributed by atoms with Crippen LogP contribution in [0.15, 0.2) is 41.3 Å². The van der Waals surface area contributed by atoms with E-state index in [0.29, 0.717) is 23.0 Å². The summed E-state index contributed by atoms with van der Waals surface area (Å²) in [5, 5.41) is 7.28. The maximum absolute atomic E-state index is 13.0. The van der Waals surface area contributed by atoms with Crippen molar-refractivity contribution >= 4 is 44.8 Å². The number of hydrogen-bond donors (Lipinski definition) is 3. The van der Waals surface area contributed by atoms with Crippen molar-refractivity contribution in [2.24, 2.45) is 5.92 Å². The number of piperidine rings is 1. The standard InChI is InChI=1S/C18H23N3O3S.ClH/c1-12-9-10-19-11-17(12)21-25(23,24)18-8-7-16(20-13(2)22)14-5-3-4-6-15(14)18;/h3-8,12,17,19,21H,9-11H2,1-2H3,(H,20,22);1H. The summed E-state index contributed by atoms with van der Waals surface area (Å²) in [6.07, 6.45) is 0.940. The molecule has 142 valence electrons. The van der Waals surface area contributed by atoms with E-state index in [0.717, 1.165) is 13.0 Å². The second kappa shape index (κ2) is 8.35. The zero-order valence-electron chi connectivity index (χ0n) is 14.8. The lowest BCUT2D eigenvalue weighted by Crippen LogP contribution is -2.50. The van der Waals surface area contributed by atoms with Crippen LogP contribution >= 0.6 is 12.4 Å². The molecule has 8 heteroatoms. The molecule has 3 rings (SSSR count). The van der Waals surface area contributed by atoms with Crippen LogP contribution in [-0.2, 0) is 14.8 Å². The van der Waals surface area contributed by atoms with Crippen molar-refractivity contribution in [3.05, 3.63) is 36.4 Å². The highest BCUT2D eigenvalue weighted by molar-refractivity contribution is 7.89. The van der Waals surface area contributed by atoms with Gasteiger partial charge in [-0.25, -0.2) is 13.1 Å². The molecule has 0 saturated carbocycles. The lowest BCUT2D eigenvalue weighted by Gasteiger charge is -2.30. The number of rotatable bonds is 4. The Hall–Kier alpha value is -1.67. The summed E-state index contributed by atoms with van der Waals surface area (Å²) >= 11 is 0. The van der Waals surface area contributed by atoms with E-state index in [1.165, 1.54) is 6.92 Å². The number of anilines is 1. The number of carbonyl (C=O) groups excluding carboxylic acids is 1. The third kappa shape index (κ3) is 4.35. The second-order valence-corrected chi connectivity index (χ2v) is 8.22. The van der Waals surface area contributed by atoms with Crippen molar-refractivity contribution in [1.29, 1.82) is 0 Å². The van der Waals surface area contributed by atoms with Crippen LogP contribution in [0.2, 0.25) is 0 Å². The van der Waals surface area contributed by atoms with E-state index in [-0.39, 0.29) is 35.2 Å². The van der Waals surface area contributed by atoms with Gasteiger partial charge in [-0.3, -0.25) is 4.79 Å². The molecule has 1 aliphatic heterocycles. The number of benzene rings is 2. The Morgan fingerprint density at radius 3 is 2.50 bits per heavy atom. The Bertz CT molecular complexity index is 902. The average molecular weight is 398 g/mol. The number of carbonyl (C=O) groups is 1. The molecule has 1 aliphatic rings. The zero-order valence-corrected chi connectivity index (χ0v) is 16.4. The van der Waals surface area contributed by atoms with Crippen molar-refractivity contribution in [2.45, 2.75) is 31.2 Å². The summed E-state index contributed by atoms with van der Waals surface area (Å²) in [5.41, 5.74) is 0.606. The van der Waals surface area contributed by atoms with Crippen molar-refractivity contribution in [3.63, 3.8) is 0 Å². The Labute approximate surface area is 160 Å². The first kappa shape index (κ1) is 20.6. The van der Waals surface area contributed by atoms with Crippen LogP contribution in [-0.4, -0.2) is 33.5 Å². The van der Waals surface area contributed by atoms with Gasteiger partial charge in [-0.15, -0.1) is 12.4 Å². The van der Waals surface area contributed by atoms with Gasteiger partial charge in [0.15, 0.2) is 0 Å². The number of fused-ring (bicyclic) bond motifs is 1. The first-order valence-corrected chi connectivity index (χ1v) is 9.89.